The molecule has 0 saturated carbocycles. The third kappa shape index (κ3) is 4.93. The minimum absolute atomic E-state index is 0.0251. The summed E-state index contributed by atoms with van der Waals surface area (Å²) in [5, 5.41) is 8.05. The van der Waals surface area contributed by atoms with Gasteiger partial charge in [-0.3, -0.25) is 4.79 Å². The van der Waals surface area contributed by atoms with Crippen molar-refractivity contribution >= 4 is 27.3 Å². The van der Waals surface area contributed by atoms with Gasteiger partial charge in [-0.2, -0.15) is 0 Å². The molecule has 0 saturated heterocycles. The predicted octanol–water partition coefficient (Wildman–Crippen LogP) is 3.03. The molecule has 0 fully saturated rings. The van der Waals surface area contributed by atoms with E-state index in [9.17, 15) is 13.2 Å². The fourth-order valence-electron chi connectivity index (χ4n) is 3.21. The number of amides is 1. The number of carbonyl (C=O) groups is 1. The van der Waals surface area contributed by atoms with Gasteiger partial charge in [-0.25, -0.2) is 13.6 Å². The number of hydrogen-bond donors (Lipinski definition) is 2. The Morgan fingerprint density at radius 1 is 1.08 bits per heavy atom. The topological polar surface area (TPSA) is 89.3 Å². The molecule has 2 aromatic rings. The molecule has 1 aromatic carbocycles. The molecule has 140 valence electrons. The zero-order chi connectivity index (χ0) is 18.6. The first-order valence-electron chi connectivity index (χ1n) is 8.95. The number of carbonyl (C=O) groups excluding carboxylic acids is 1. The van der Waals surface area contributed by atoms with E-state index in [1.54, 1.807) is 23.5 Å². The Labute approximate surface area is 158 Å². The monoisotopic (exact) mass is 392 g/mol. The van der Waals surface area contributed by atoms with Crippen LogP contribution in [0, 0.1) is 0 Å². The summed E-state index contributed by atoms with van der Waals surface area (Å²) in [6.45, 7) is 0.510. The zero-order valence-electron chi connectivity index (χ0n) is 14.7. The first-order valence-corrected chi connectivity index (χ1v) is 11.3. The molecular weight excluding hydrogens is 368 g/mol. The summed E-state index contributed by atoms with van der Waals surface area (Å²) in [5.41, 5.74) is 2.30. The van der Waals surface area contributed by atoms with Gasteiger partial charge in [0, 0.05) is 11.4 Å². The molecule has 1 aliphatic rings. The summed E-state index contributed by atoms with van der Waals surface area (Å²) < 4.78 is 22.5. The molecule has 0 bridgehead atoms. The van der Waals surface area contributed by atoms with Crippen molar-refractivity contribution in [3.05, 3.63) is 51.2 Å². The standard InChI is InChI=1S/C19H24N2O3S2/c20-26(23,24)16-9-7-14(8-10-16)11-12-21-19(22)18-13-15-5-3-1-2-4-6-17(15)25-18/h7-10,13H,1-6,11-12H2,(H,21,22)(H2,20,23,24). The highest BCUT2D eigenvalue weighted by molar-refractivity contribution is 7.89. The molecule has 3 rings (SSSR count). The fraction of sp³-hybridized carbons (Fsp3) is 0.421. The highest BCUT2D eigenvalue weighted by Crippen LogP contribution is 2.28. The van der Waals surface area contributed by atoms with Gasteiger partial charge in [-0.05, 0) is 61.4 Å². The number of hydrogen-bond acceptors (Lipinski definition) is 4. The molecule has 0 unspecified atom stereocenters. The highest BCUT2D eigenvalue weighted by atomic mass is 32.2. The molecule has 5 nitrogen and oxygen atoms in total. The minimum atomic E-state index is -3.66. The van der Waals surface area contributed by atoms with Gasteiger partial charge in [0.2, 0.25) is 10.0 Å². The van der Waals surface area contributed by atoms with Crippen molar-refractivity contribution in [3.63, 3.8) is 0 Å². The molecule has 0 radical (unpaired) electrons. The minimum Gasteiger partial charge on any atom is -0.351 e. The second-order valence-corrected chi connectivity index (χ2v) is 9.37. The van der Waals surface area contributed by atoms with Gasteiger partial charge in [0.1, 0.15) is 0 Å². The number of rotatable bonds is 5. The maximum absolute atomic E-state index is 12.4. The number of aryl methyl sites for hydroxylation is 2. The Morgan fingerprint density at radius 2 is 1.77 bits per heavy atom. The van der Waals surface area contributed by atoms with Crippen molar-refractivity contribution < 1.29 is 13.2 Å². The fourth-order valence-corrected chi connectivity index (χ4v) is 4.89. The summed E-state index contributed by atoms with van der Waals surface area (Å²) in [4.78, 5) is 14.7. The molecule has 0 atom stereocenters. The van der Waals surface area contributed by atoms with Crippen molar-refractivity contribution in [2.45, 2.75) is 49.8 Å². The van der Waals surface area contributed by atoms with Crippen LogP contribution in [0.15, 0.2) is 35.2 Å². The third-order valence-corrected chi connectivity index (χ3v) is 6.84. The number of fused-ring (bicyclic) bond motifs is 1. The summed E-state index contributed by atoms with van der Waals surface area (Å²) in [5.74, 6) is -0.0251. The lowest BCUT2D eigenvalue weighted by Gasteiger charge is -2.07. The van der Waals surface area contributed by atoms with Crippen molar-refractivity contribution in [2.75, 3.05) is 6.54 Å². The van der Waals surface area contributed by atoms with E-state index in [-0.39, 0.29) is 10.8 Å². The zero-order valence-corrected chi connectivity index (χ0v) is 16.3. The summed E-state index contributed by atoms with van der Waals surface area (Å²) in [6, 6.07) is 8.49. The van der Waals surface area contributed by atoms with Crippen LogP contribution in [-0.2, 0) is 29.3 Å². The van der Waals surface area contributed by atoms with Crippen LogP contribution in [0.1, 0.15) is 51.4 Å². The van der Waals surface area contributed by atoms with Crippen molar-refractivity contribution in [3.8, 4) is 0 Å². The van der Waals surface area contributed by atoms with E-state index in [1.165, 1.54) is 48.3 Å². The molecule has 0 aliphatic heterocycles. The molecule has 1 amide bonds. The average Bonchev–Trinajstić information content (AvgIpc) is 2.96. The Morgan fingerprint density at radius 3 is 2.46 bits per heavy atom. The Bertz CT molecular complexity index is 845. The number of nitrogens with one attached hydrogen (secondary N) is 1. The highest BCUT2D eigenvalue weighted by Gasteiger charge is 2.15. The third-order valence-electron chi connectivity index (χ3n) is 4.67. The van der Waals surface area contributed by atoms with Crippen LogP contribution in [-0.4, -0.2) is 20.9 Å². The van der Waals surface area contributed by atoms with Crippen LogP contribution in [0.3, 0.4) is 0 Å². The molecule has 1 aliphatic carbocycles. The lowest BCUT2D eigenvalue weighted by Crippen LogP contribution is -2.24. The molecule has 1 aromatic heterocycles. The molecule has 26 heavy (non-hydrogen) atoms. The van der Waals surface area contributed by atoms with Crippen molar-refractivity contribution in [1.82, 2.24) is 5.32 Å². The summed E-state index contributed by atoms with van der Waals surface area (Å²) >= 11 is 1.62. The Balaban J connectivity index is 1.55. The number of thiophene rings is 1. The molecule has 3 N–H and O–H groups in total. The lowest BCUT2D eigenvalue weighted by atomic mass is 10.00. The number of primary sulfonamides is 1. The van der Waals surface area contributed by atoms with E-state index < -0.39 is 10.0 Å². The smallest absolute Gasteiger partial charge is 0.261 e. The van der Waals surface area contributed by atoms with Gasteiger partial charge in [0.05, 0.1) is 9.77 Å². The van der Waals surface area contributed by atoms with Gasteiger partial charge in [0.15, 0.2) is 0 Å². The SMILES string of the molecule is NS(=O)(=O)c1ccc(CCNC(=O)c2cc3c(s2)CCCCCC3)cc1. The largest absolute Gasteiger partial charge is 0.351 e. The lowest BCUT2D eigenvalue weighted by molar-refractivity contribution is 0.0958. The maximum Gasteiger partial charge on any atom is 0.261 e. The molecule has 7 heteroatoms. The number of sulfonamides is 1. The molecule has 0 spiro atoms. The van der Waals surface area contributed by atoms with Gasteiger partial charge >= 0.3 is 0 Å². The number of benzene rings is 1. The summed E-state index contributed by atoms with van der Waals surface area (Å²) in [6.07, 6.45) is 7.79. The predicted molar refractivity (Wildman–Crippen MR) is 104 cm³/mol. The first-order chi connectivity index (χ1) is 12.4. The van der Waals surface area contributed by atoms with Crippen LogP contribution < -0.4 is 10.5 Å². The van der Waals surface area contributed by atoms with E-state index in [0.29, 0.717) is 13.0 Å². The summed E-state index contributed by atoms with van der Waals surface area (Å²) in [7, 11) is -3.66. The Kier molecular flexibility index (Phi) is 6.11. The second kappa shape index (κ2) is 8.33. The van der Waals surface area contributed by atoms with E-state index >= 15 is 0 Å². The first kappa shape index (κ1) is 19.1. The van der Waals surface area contributed by atoms with E-state index in [1.807, 2.05) is 0 Å². The second-order valence-electron chi connectivity index (χ2n) is 6.67. The normalized spacial score (nSPS) is 15.0. The van der Waals surface area contributed by atoms with Crippen LogP contribution in [0.2, 0.25) is 0 Å². The maximum atomic E-state index is 12.4. The van der Waals surface area contributed by atoms with E-state index in [2.05, 4.69) is 11.4 Å². The van der Waals surface area contributed by atoms with Gasteiger partial charge in [-0.1, -0.05) is 25.0 Å². The van der Waals surface area contributed by atoms with Gasteiger partial charge in [-0.15, -0.1) is 11.3 Å². The average molecular weight is 393 g/mol. The van der Waals surface area contributed by atoms with Gasteiger partial charge in [0.25, 0.3) is 5.91 Å². The van der Waals surface area contributed by atoms with Crippen LogP contribution in [0.4, 0.5) is 0 Å². The Hall–Kier alpha value is -1.70. The van der Waals surface area contributed by atoms with E-state index in [0.717, 1.165) is 23.3 Å². The van der Waals surface area contributed by atoms with Crippen LogP contribution in [0.25, 0.3) is 0 Å². The molecule has 1 heterocycles. The number of nitrogens with two attached hydrogens (primary N) is 1. The van der Waals surface area contributed by atoms with Crippen LogP contribution in [0.5, 0.6) is 0 Å². The van der Waals surface area contributed by atoms with Crippen molar-refractivity contribution in [1.29, 1.82) is 0 Å². The van der Waals surface area contributed by atoms with Crippen LogP contribution >= 0.6 is 11.3 Å². The molecular formula is C19H24N2O3S2. The quantitative estimate of drug-likeness (QED) is 0.820. The van der Waals surface area contributed by atoms with E-state index in [4.69, 9.17) is 5.14 Å². The van der Waals surface area contributed by atoms with Crippen molar-refractivity contribution in [2.24, 2.45) is 5.14 Å². The van der Waals surface area contributed by atoms with Gasteiger partial charge < -0.3 is 5.32 Å².